The van der Waals surface area contributed by atoms with Crippen LogP contribution in [0.3, 0.4) is 0 Å². The average molecular weight is 175 g/mol. The second-order valence-electron chi connectivity index (χ2n) is 4.03. The predicted octanol–water partition coefficient (Wildman–Crippen LogP) is 3.29. The van der Waals surface area contributed by atoms with E-state index in [0.29, 0.717) is 6.04 Å². The molecule has 1 aliphatic rings. The number of rotatable bonds is 2. The highest BCUT2D eigenvalue weighted by molar-refractivity contribution is 5.43. The zero-order chi connectivity index (χ0) is 9.10. The number of para-hydroxylation sites is 1. The third-order valence-corrected chi connectivity index (χ3v) is 2.99. The molecule has 1 saturated carbocycles. The van der Waals surface area contributed by atoms with E-state index in [1.165, 1.54) is 24.9 Å². The van der Waals surface area contributed by atoms with Gasteiger partial charge in [-0.05, 0) is 30.9 Å². The molecule has 0 radical (unpaired) electrons. The van der Waals surface area contributed by atoms with Gasteiger partial charge in [0.25, 0.3) is 0 Å². The molecule has 1 aromatic carbocycles. The smallest absolute Gasteiger partial charge is 0.0342 e. The van der Waals surface area contributed by atoms with Gasteiger partial charge < -0.3 is 5.32 Å². The fraction of sp³-hybridized carbons (Fsp3) is 0.500. The molecule has 1 aliphatic carbocycles. The number of anilines is 1. The fourth-order valence-corrected chi connectivity index (χ4v) is 2.11. The molecular formula is C12H17N. The highest BCUT2D eigenvalue weighted by Gasteiger charge is 2.22. The van der Waals surface area contributed by atoms with E-state index in [9.17, 15) is 0 Å². The number of hydrogen-bond acceptors (Lipinski definition) is 1. The summed E-state index contributed by atoms with van der Waals surface area (Å²) in [5.74, 6) is 0.834. The molecule has 1 aromatic rings. The summed E-state index contributed by atoms with van der Waals surface area (Å²) in [6.07, 6.45) is 4.09. The lowest BCUT2D eigenvalue weighted by atomic mass is 10.1. The summed E-state index contributed by atoms with van der Waals surface area (Å²) in [7, 11) is 0. The molecule has 0 aromatic heterocycles. The topological polar surface area (TPSA) is 12.0 Å². The molecule has 0 bridgehead atoms. The van der Waals surface area contributed by atoms with Crippen LogP contribution in [0.5, 0.6) is 0 Å². The molecular weight excluding hydrogens is 158 g/mol. The van der Waals surface area contributed by atoms with Crippen molar-refractivity contribution >= 4 is 5.69 Å². The summed E-state index contributed by atoms with van der Waals surface area (Å²) in [4.78, 5) is 0. The quantitative estimate of drug-likeness (QED) is 0.727. The second-order valence-corrected chi connectivity index (χ2v) is 4.03. The Kier molecular flexibility index (Phi) is 2.53. The monoisotopic (exact) mass is 175 g/mol. The molecule has 0 unspecified atom stereocenters. The van der Waals surface area contributed by atoms with Crippen molar-refractivity contribution in [3.8, 4) is 0 Å². The average Bonchev–Trinajstić information content (AvgIpc) is 2.54. The summed E-state index contributed by atoms with van der Waals surface area (Å²) in [5.41, 5.74) is 1.27. The Balaban J connectivity index is 1.98. The Morgan fingerprint density at radius 1 is 1.15 bits per heavy atom. The Morgan fingerprint density at radius 3 is 2.54 bits per heavy atom. The van der Waals surface area contributed by atoms with E-state index in [0.717, 1.165) is 5.92 Å². The van der Waals surface area contributed by atoms with Crippen molar-refractivity contribution in [2.45, 2.75) is 32.2 Å². The number of nitrogens with one attached hydrogen (secondary N) is 1. The van der Waals surface area contributed by atoms with E-state index >= 15 is 0 Å². The maximum Gasteiger partial charge on any atom is 0.0342 e. The van der Waals surface area contributed by atoms with Crippen molar-refractivity contribution in [3.63, 3.8) is 0 Å². The van der Waals surface area contributed by atoms with Gasteiger partial charge in [0.05, 0.1) is 0 Å². The van der Waals surface area contributed by atoms with Crippen molar-refractivity contribution in [1.29, 1.82) is 0 Å². The molecule has 2 rings (SSSR count). The highest BCUT2D eigenvalue weighted by atomic mass is 14.9. The lowest BCUT2D eigenvalue weighted by molar-refractivity contribution is 0.556. The summed E-state index contributed by atoms with van der Waals surface area (Å²) >= 11 is 0. The van der Waals surface area contributed by atoms with Crippen LogP contribution in [0.25, 0.3) is 0 Å². The second kappa shape index (κ2) is 3.82. The Hall–Kier alpha value is -0.980. The Morgan fingerprint density at radius 2 is 1.92 bits per heavy atom. The van der Waals surface area contributed by atoms with Gasteiger partial charge in [-0.3, -0.25) is 0 Å². The van der Waals surface area contributed by atoms with Gasteiger partial charge in [0.15, 0.2) is 0 Å². The van der Waals surface area contributed by atoms with Crippen LogP contribution < -0.4 is 5.32 Å². The van der Waals surface area contributed by atoms with Gasteiger partial charge in [-0.1, -0.05) is 31.5 Å². The lowest BCUT2D eigenvalue weighted by Crippen LogP contribution is -2.21. The molecule has 2 atom stereocenters. The minimum Gasteiger partial charge on any atom is -0.382 e. The largest absolute Gasteiger partial charge is 0.382 e. The molecule has 0 saturated heterocycles. The van der Waals surface area contributed by atoms with E-state index in [4.69, 9.17) is 0 Å². The van der Waals surface area contributed by atoms with Crippen molar-refractivity contribution in [2.75, 3.05) is 5.32 Å². The van der Waals surface area contributed by atoms with Crippen LogP contribution in [0.2, 0.25) is 0 Å². The number of benzene rings is 1. The SMILES string of the molecule is C[C@@H]1CCC[C@@H]1Nc1ccccc1. The molecule has 1 nitrogen and oxygen atoms in total. The van der Waals surface area contributed by atoms with Gasteiger partial charge in [0.1, 0.15) is 0 Å². The predicted molar refractivity (Wildman–Crippen MR) is 56.9 cm³/mol. The summed E-state index contributed by atoms with van der Waals surface area (Å²) in [6, 6.07) is 11.2. The van der Waals surface area contributed by atoms with Crippen molar-refractivity contribution in [3.05, 3.63) is 30.3 Å². The van der Waals surface area contributed by atoms with Crippen LogP contribution in [-0.2, 0) is 0 Å². The van der Waals surface area contributed by atoms with Crippen molar-refractivity contribution < 1.29 is 0 Å². The third kappa shape index (κ3) is 2.03. The zero-order valence-electron chi connectivity index (χ0n) is 8.16. The van der Waals surface area contributed by atoms with Crippen molar-refractivity contribution in [1.82, 2.24) is 0 Å². The third-order valence-electron chi connectivity index (χ3n) is 2.99. The van der Waals surface area contributed by atoms with Crippen LogP contribution in [0, 0.1) is 5.92 Å². The summed E-state index contributed by atoms with van der Waals surface area (Å²) in [6.45, 7) is 2.34. The molecule has 1 N–H and O–H groups in total. The summed E-state index contributed by atoms with van der Waals surface area (Å²) in [5, 5.41) is 3.59. The molecule has 0 aliphatic heterocycles. The molecule has 13 heavy (non-hydrogen) atoms. The molecule has 1 fully saturated rings. The molecule has 0 amide bonds. The minimum atomic E-state index is 0.697. The van der Waals surface area contributed by atoms with Crippen molar-refractivity contribution in [2.24, 2.45) is 5.92 Å². The molecule has 0 heterocycles. The maximum absolute atomic E-state index is 3.59. The molecule has 70 valence electrons. The standard InChI is InChI=1S/C12H17N/c1-10-6-5-9-12(10)13-11-7-3-2-4-8-11/h2-4,7-8,10,12-13H,5-6,9H2,1H3/t10-,12+/m1/s1. The van der Waals surface area contributed by atoms with Gasteiger partial charge in [0, 0.05) is 11.7 Å². The first-order chi connectivity index (χ1) is 6.36. The fourth-order valence-electron chi connectivity index (χ4n) is 2.11. The van der Waals surface area contributed by atoms with E-state index in [1.54, 1.807) is 0 Å². The van der Waals surface area contributed by atoms with Gasteiger partial charge in [0.2, 0.25) is 0 Å². The van der Waals surface area contributed by atoms with Gasteiger partial charge in [-0.25, -0.2) is 0 Å². The van der Waals surface area contributed by atoms with E-state index in [-0.39, 0.29) is 0 Å². The van der Waals surface area contributed by atoms with Crippen LogP contribution in [0.15, 0.2) is 30.3 Å². The first-order valence-electron chi connectivity index (χ1n) is 5.18. The normalized spacial score (nSPS) is 27.5. The van der Waals surface area contributed by atoms with E-state index in [1.807, 2.05) is 0 Å². The Bertz CT molecular complexity index is 255. The zero-order valence-corrected chi connectivity index (χ0v) is 8.16. The van der Waals surface area contributed by atoms with Gasteiger partial charge in [-0.2, -0.15) is 0 Å². The van der Waals surface area contributed by atoms with Crippen LogP contribution in [0.1, 0.15) is 26.2 Å². The minimum absolute atomic E-state index is 0.697. The maximum atomic E-state index is 3.59. The van der Waals surface area contributed by atoms with Crippen LogP contribution in [0.4, 0.5) is 5.69 Å². The lowest BCUT2D eigenvalue weighted by Gasteiger charge is -2.18. The van der Waals surface area contributed by atoms with Crippen LogP contribution in [-0.4, -0.2) is 6.04 Å². The highest BCUT2D eigenvalue weighted by Crippen LogP contribution is 2.27. The first kappa shape index (κ1) is 8.61. The Labute approximate surface area is 80.2 Å². The van der Waals surface area contributed by atoms with Gasteiger partial charge in [-0.15, -0.1) is 0 Å². The summed E-state index contributed by atoms with van der Waals surface area (Å²) < 4.78 is 0. The van der Waals surface area contributed by atoms with E-state index in [2.05, 4.69) is 42.6 Å². The number of hydrogen-bond donors (Lipinski definition) is 1. The first-order valence-corrected chi connectivity index (χ1v) is 5.18. The van der Waals surface area contributed by atoms with Crippen LogP contribution >= 0.6 is 0 Å². The van der Waals surface area contributed by atoms with E-state index < -0.39 is 0 Å². The molecule has 1 heteroatoms. The molecule has 0 spiro atoms. The van der Waals surface area contributed by atoms with Gasteiger partial charge >= 0.3 is 0 Å².